The van der Waals surface area contributed by atoms with Crippen LogP contribution in [-0.2, 0) is 0 Å². The predicted octanol–water partition coefficient (Wildman–Crippen LogP) is 1.54. The molecule has 5 heteroatoms. The Bertz CT molecular complexity index is 354. The second-order valence-corrected chi connectivity index (χ2v) is 2.71. The van der Waals surface area contributed by atoms with Crippen molar-refractivity contribution in [3.8, 4) is 5.75 Å². The smallest absolute Gasteiger partial charge is 0.180 e. The van der Waals surface area contributed by atoms with Gasteiger partial charge in [-0.25, -0.2) is 4.39 Å². The fourth-order valence-electron chi connectivity index (χ4n) is 0.865. The summed E-state index contributed by atoms with van der Waals surface area (Å²) in [5.74, 6) is -2.09. The Morgan fingerprint density at radius 2 is 2.23 bits per heavy atom. The second-order valence-electron chi connectivity index (χ2n) is 2.45. The zero-order valence-corrected chi connectivity index (χ0v) is 7.31. The number of aromatic hydroxyl groups is 1. The number of rotatable bonds is 2. The molecule has 0 unspecified atom stereocenters. The average molecular weight is 204 g/mol. The van der Waals surface area contributed by atoms with E-state index in [1.165, 1.54) is 0 Å². The normalized spacial score (nSPS) is 10.0. The number of anilines is 1. The quantitative estimate of drug-likeness (QED) is 0.332. The third-order valence-corrected chi connectivity index (χ3v) is 1.78. The van der Waals surface area contributed by atoms with Gasteiger partial charge in [0.15, 0.2) is 5.78 Å². The minimum atomic E-state index is -0.822. The molecule has 0 spiro atoms. The molecule has 0 fully saturated rings. The van der Waals surface area contributed by atoms with Gasteiger partial charge in [0.1, 0.15) is 11.6 Å². The van der Waals surface area contributed by atoms with Crippen LogP contribution in [0.2, 0.25) is 0 Å². The van der Waals surface area contributed by atoms with Gasteiger partial charge in [0.25, 0.3) is 0 Å². The fraction of sp³-hybridized carbons (Fsp3) is 0.125. The van der Waals surface area contributed by atoms with E-state index in [9.17, 15) is 9.18 Å². The van der Waals surface area contributed by atoms with Crippen molar-refractivity contribution in [2.24, 2.45) is 0 Å². The topological polar surface area (TPSA) is 63.3 Å². The van der Waals surface area contributed by atoms with Crippen molar-refractivity contribution < 1.29 is 14.3 Å². The summed E-state index contributed by atoms with van der Waals surface area (Å²) < 4.78 is 13.0. The van der Waals surface area contributed by atoms with E-state index >= 15 is 0 Å². The van der Waals surface area contributed by atoms with Crippen molar-refractivity contribution in [3.05, 3.63) is 23.5 Å². The van der Waals surface area contributed by atoms with Gasteiger partial charge in [0.2, 0.25) is 0 Å². The van der Waals surface area contributed by atoms with Crippen molar-refractivity contribution in [2.75, 3.05) is 11.6 Å². The molecule has 0 aliphatic heterocycles. The van der Waals surface area contributed by atoms with E-state index in [2.05, 4.69) is 0 Å². The molecule has 0 aliphatic carbocycles. The number of nitrogen functional groups attached to an aromatic ring is 1. The maximum absolute atomic E-state index is 13.0. The van der Waals surface area contributed by atoms with Gasteiger partial charge in [-0.2, -0.15) is 0 Å². The number of carbonyl (C=O) groups excluding carboxylic acids is 1. The highest BCUT2D eigenvalue weighted by Crippen LogP contribution is 2.23. The number of hydrogen-bond donors (Lipinski definition) is 2. The van der Waals surface area contributed by atoms with Crippen LogP contribution in [0.4, 0.5) is 10.1 Å². The second kappa shape index (κ2) is 3.62. The molecule has 0 aliphatic rings. The summed E-state index contributed by atoms with van der Waals surface area (Å²) in [4.78, 5) is 11.0. The van der Waals surface area contributed by atoms with Gasteiger partial charge in [0.05, 0.1) is 17.1 Å². The number of alkyl halides is 1. The number of nitrogens with two attached hydrogens (primary N) is 1. The van der Waals surface area contributed by atoms with Crippen LogP contribution >= 0.6 is 11.6 Å². The maximum atomic E-state index is 13.0. The van der Waals surface area contributed by atoms with Gasteiger partial charge in [-0.05, 0) is 6.07 Å². The molecule has 0 saturated heterocycles. The first-order chi connectivity index (χ1) is 6.06. The molecule has 13 heavy (non-hydrogen) atoms. The highest BCUT2D eigenvalue weighted by atomic mass is 35.5. The lowest BCUT2D eigenvalue weighted by atomic mass is 10.1. The summed E-state index contributed by atoms with van der Waals surface area (Å²) >= 11 is 5.23. The van der Waals surface area contributed by atoms with Crippen molar-refractivity contribution in [1.82, 2.24) is 0 Å². The molecule has 0 atom stereocenters. The number of halogens is 2. The Hall–Kier alpha value is -1.29. The molecule has 1 rings (SSSR count). The Morgan fingerprint density at radius 1 is 1.62 bits per heavy atom. The molecule has 0 saturated carbocycles. The van der Waals surface area contributed by atoms with Gasteiger partial charge in [-0.15, -0.1) is 11.6 Å². The molecule has 70 valence electrons. The molecule has 3 nitrogen and oxygen atoms in total. The monoisotopic (exact) mass is 203 g/mol. The van der Waals surface area contributed by atoms with E-state index in [1.54, 1.807) is 0 Å². The SMILES string of the molecule is Nc1cc(C(=O)CCl)c(F)cc1O. The van der Waals surface area contributed by atoms with Crippen molar-refractivity contribution in [2.45, 2.75) is 0 Å². The number of Topliss-reactive ketones (excluding diaryl/α,β-unsaturated/α-hetero) is 1. The minimum Gasteiger partial charge on any atom is -0.506 e. The standard InChI is InChI=1S/C8H7ClFNO2/c9-3-8(13)4-1-6(11)7(12)2-5(4)10/h1-2,12H,3,11H2. The Labute approximate surface area is 78.9 Å². The molecule has 1 aromatic rings. The number of carbonyl (C=O) groups is 1. The van der Waals surface area contributed by atoms with Crippen LogP contribution in [-0.4, -0.2) is 16.8 Å². The predicted molar refractivity (Wildman–Crippen MR) is 47.5 cm³/mol. The van der Waals surface area contributed by atoms with E-state index < -0.39 is 11.6 Å². The zero-order chi connectivity index (χ0) is 10.0. The van der Waals surface area contributed by atoms with Crippen LogP contribution in [0.15, 0.2) is 12.1 Å². The van der Waals surface area contributed by atoms with Gasteiger partial charge in [-0.1, -0.05) is 0 Å². The maximum Gasteiger partial charge on any atom is 0.180 e. The molecular weight excluding hydrogens is 197 g/mol. The summed E-state index contributed by atoms with van der Waals surface area (Å²) in [6, 6.07) is 1.85. The van der Waals surface area contributed by atoms with Crippen LogP contribution in [0, 0.1) is 5.82 Å². The summed E-state index contributed by atoms with van der Waals surface area (Å²) in [6.07, 6.45) is 0. The molecule has 0 amide bonds. The van der Waals surface area contributed by atoms with Gasteiger partial charge < -0.3 is 10.8 Å². The van der Waals surface area contributed by atoms with Gasteiger partial charge in [-0.3, -0.25) is 4.79 Å². The van der Waals surface area contributed by atoms with E-state index in [0.29, 0.717) is 0 Å². The number of phenolic OH excluding ortho intramolecular Hbond substituents is 1. The first-order valence-corrected chi connectivity index (χ1v) is 3.97. The molecule has 0 heterocycles. The van der Waals surface area contributed by atoms with E-state index in [4.69, 9.17) is 22.4 Å². The van der Waals surface area contributed by atoms with Gasteiger partial charge in [0, 0.05) is 6.07 Å². The van der Waals surface area contributed by atoms with E-state index in [1.807, 2.05) is 0 Å². The first-order valence-electron chi connectivity index (χ1n) is 3.43. The van der Waals surface area contributed by atoms with Crippen molar-refractivity contribution in [3.63, 3.8) is 0 Å². The number of ketones is 1. The molecule has 3 N–H and O–H groups in total. The van der Waals surface area contributed by atoms with Crippen LogP contribution < -0.4 is 5.73 Å². The summed E-state index contributed by atoms with van der Waals surface area (Å²) in [6.45, 7) is 0. The minimum absolute atomic E-state index is 0.0464. The Kier molecular flexibility index (Phi) is 2.72. The van der Waals surface area contributed by atoms with Crippen LogP contribution in [0.5, 0.6) is 5.75 Å². The number of hydrogen-bond acceptors (Lipinski definition) is 3. The molecular formula is C8H7ClFNO2. The summed E-state index contributed by atoms with van der Waals surface area (Å²) in [5, 5.41) is 8.97. The fourth-order valence-corrected chi connectivity index (χ4v) is 1.01. The molecule has 1 aromatic carbocycles. The van der Waals surface area contributed by atoms with Crippen LogP contribution in [0.25, 0.3) is 0 Å². The lowest BCUT2D eigenvalue weighted by Gasteiger charge is -2.03. The van der Waals surface area contributed by atoms with Crippen LogP contribution in [0.1, 0.15) is 10.4 Å². The average Bonchev–Trinajstić information content (AvgIpc) is 2.10. The Balaban J connectivity index is 3.23. The Morgan fingerprint density at radius 3 is 2.77 bits per heavy atom. The third-order valence-electron chi connectivity index (χ3n) is 1.54. The first kappa shape index (κ1) is 9.80. The van der Waals surface area contributed by atoms with Gasteiger partial charge >= 0.3 is 0 Å². The van der Waals surface area contributed by atoms with Crippen molar-refractivity contribution >= 4 is 23.1 Å². The third kappa shape index (κ3) is 1.89. The lowest BCUT2D eigenvalue weighted by molar-refractivity contribution is 0.101. The summed E-state index contributed by atoms with van der Waals surface area (Å²) in [7, 11) is 0. The van der Waals surface area contributed by atoms with E-state index in [-0.39, 0.29) is 22.9 Å². The van der Waals surface area contributed by atoms with Crippen molar-refractivity contribution in [1.29, 1.82) is 0 Å². The largest absolute Gasteiger partial charge is 0.506 e. The number of benzene rings is 1. The zero-order valence-electron chi connectivity index (χ0n) is 6.55. The molecule has 0 bridgehead atoms. The highest BCUT2D eigenvalue weighted by molar-refractivity contribution is 6.30. The molecule has 0 aromatic heterocycles. The summed E-state index contributed by atoms with van der Waals surface area (Å²) in [5.41, 5.74) is 5.02. The molecule has 0 radical (unpaired) electrons. The number of phenols is 1. The lowest BCUT2D eigenvalue weighted by Crippen LogP contribution is -2.04. The van der Waals surface area contributed by atoms with Crippen LogP contribution in [0.3, 0.4) is 0 Å². The van der Waals surface area contributed by atoms with E-state index in [0.717, 1.165) is 12.1 Å². The highest BCUT2D eigenvalue weighted by Gasteiger charge is 2.13.